The van der Waals surface area contributed by atoms with Crippen molar-refractivity contribution in [2.45, 2.75) is 20.3 Å². The van der Waals surface area contributed by atoms with Crippen LogP contribution in [0.1, 0.15) is 27.4 Å². The molecule has 0 spiro atoms. The fourth-order valence-corrected chi connectivity index (χ4v) is 0.494. The normalized spacial score (nSPS) is 35.8. The van der Waals surface area contributed by atoms with Crippen molar-refractivity contribution in [3.8, 4) is 0 Å². The van der Waals surface area contributed by atoms with Crippen LogP contribution in [0.2, 0.25) is 6.55 Å². The van der Waals surface area contributed by atoms with Crippen molar-refractivity contribution in [2.24, 2.45) is 0 Å². The predicted molar refractivity (Wildman–Crippen MR) is 34.9 cm³/mol. The van der Waals surface area contributed by atoms with Gasteiger partial charge in [0.15, 0.2) is 0 Å². The molecule has 8 heavy (non-hydrogen) atoms. The lowest BCUT2D eigenvalue weighted by Gasteiger charge is -2.05. The quantitative estimate of drug-likeness (QED) is 0.550. The lowest BCUT2D eigenvalue weighted by molar-refractivity contribution is 0.219. The fourth-order valence-electron chi connectivity index (χ4n) is 0.165. The molecule has 0 saturated heterocycles. The molecule has 3 heteroatoms. The molecule has 0 aromatic heterocycles. The molecule has 1 radical (unpaired) electrons. The maximum Gasteiger partial charge on any atom is 0.381 e. The molecule has 0 amide bonds. The summed E-state index contributed by atoms with van der Waals surface area (Å²) in [7, 11) is -2.74. The molecule has 0 aromatic carbocycles. The van der Waals surface area contributed by atoms with E-state index < -0.39 is 36.1 Å². The Balaban J connectivity index is 4.69. The highest BCUT2D eigenvalue weighted by Crippen LogP contribution is 1.85. The third-order valence-corrected chi connectivity index (χ3v) is 1.17. The Morgan fingerprint density at radius 1 is 1.50 bits per heavy atom. The van der Waals surface area contributed by atoms with Crippen molar-refractivity contribution in [1.29, 1.82) is 0 Å². The molecule has 0 atom stereocenters. The van der Waals surface area contributed by atoms with Gasteiger partial charge in [0, 0.05) is 21.3 Å². The Morgan fingerprint density at radius 2 is 2.00 bits per heavy atom. The molecule has 0 unspecified atom stereocenters. The Labute approximate surface area is 66.7 Å². The maximum atomic E-state index is 7.14. The van der Waals surface area contributed by atoms with E-state index in [1.807, 2.05) is 0 Å². The molecule has 0 aliphatic rings. The highest BCUT2D eigenvalue weighted by atomic mass is 28.3. The van der Waals surface area contributed by atoms with Gasteiger partial charge in [-0.1, -0.05) is 0 Å². The molecule has 0 aliphatic heterocycles. The van der Waals surface area contributed by atoms with Gasteiger partial charge in [-0.25, -0.2) is 0 Å². The van der Waals surface area contributed by atoms with E-state index in [4.69, 9.17) is 13.7 Å². The molecule has 0 rings (SSSR count). The van der Waals surface area contributed by atoms with Gasteiger partial charge in [-0.05, 0) is 20.3 Å². The zero-order valence-corrected chi connectivity index (χ0v) is 5.32. The second kappa shape index (κ2) is 5.28. The van der Waals surface area contributed by atoms with Crippen LogP contribution in [0.5, 0.6) is 0 Å². The average Bonchev–Trinajstić information content (AvgIpc) is 1.95. The van der Waals surface area contributed by atoms with Crippen LogP contribution in [0.4, 0.5) is 0 Å². The van der Waals surface area contributed by atoms with Crippen molar-refractivity contribution in [3.63, 3.8) is 0 Å². The molecule has 0 aromatic rings. The molecule has 49 valence electrons. The highest BCUT2D eigenvalue weighted by Gasteiger charge is 2.02. The molecule has 0 N–H and O–H groups in total. The van der Waals surface area contributed by atoms with Crippen molar-refractivity contribution < 1.29 is 22.6 Å². The standard InChI is InChI=1S/C5H13O2Si/c1-4-6-8(3)7-5-2/h4-5H2,1-3H3/i1D3,2D3,4D2,5D2. The van der Waals surface area contributed by atoms with E-state index in [9.17, 15) is 0 Å². The summed E-state index contributed by atoms with van der Waals surface area (Å²) in [6.45, 7) is -11.1. The Bertz CT molecular complexity index is 255. The number of rotatable bonds is 4. The van der Waals surface area contributed by atoms with Crippen LogP contribution in [0.3, 0.4) is 0 Å². The van der Waals surface area contributed by atoms with Crippen molar-refractivity contribution in [1.82, 2.24) is 0 Å². The number of hydrogen-bond donors (Lipinski definition) is 0. The second-order valence-corrected chi connectivity index (χ2v) is 2.29. The molecule has 2 nitrogen and oxygen atoms in total. The van der Waals surface area contributed by atoms with Gasteiger partial charge >= 0.3 is 9.28 Å². The SMILES string of the molecule is [2H]C([2H])([2H])C([2H])([2H])O[Si](C)OC([2H])([2H])C([2H])([2H])[2H]. The average molecular weight is 143 g/mol. The van der Waals surface area contributed by atoms with E-state index in [1.165, 1.54) is 0 Å². The summed E-state index contributed by atoms with van der Waals surface area (Å²) in [6.07, 6.45) is 0. The summed E-state index contributed by atoms with van der Waals surface area (Å²) in [6, 6.07) is 0. The summed E-state index contributed by atoms with van der Waals surface area (Å²) in [5.41, 5.74) is 0. The van der Waals surface area contributed by atoms with E-state index in [1.54, 1.807) is 0 Å². The highest BCUT2D eigenvalue weighted by molar-refractivity contribution is 6.42. The van der Waals surface area contributed by atoms with Gasteiger partial charge < -0.3 is 8.85 Å². The third-order valence-electron chi connectivity index (χ3n) is 0.390. The third kappa shape index (κ3) is 4.30. The van der Waals surface area contributed by atoms with Gasteiger partial charge in [-0.3, -0.25) is 0 Å². The number of hydrogen-bond acceptors (Lipinski definition) is 2. The second-order valence-electron chi connectivity index (χ2n) is 0.900. The van der Waals surface area contributed by atoms with Gasteiger partial charge in [0.1, 0.15) is 0 Å². The van der Waals surface area contributed by atoms with E-state index in [0.717, 1.165) is 6.55 Å². The summed E-state index contributed by atoms with van der Waals surface area (Å²) in [5.74, 6) is 0. The minimum absolute atomic E-state index is 1.11. The molecule has 0 aliphatic carbocycles. The molecule has 0 fully saturated rings. The maximum absolute atomic E-state index is 7.14. The smallest absolute Gasteiger partial charge is 0.381 e. The molecular weight excluding hydrogens is 120 g/mol. The van der Waals surface area contributed by atoms with E-state index in [-0.39, 0.29) is 0 Å². The van der Waals surface area contributed by atoms with Gasteiger partial charge in [0.05, 0.1) is 5.48 Å². The molecule has 0 bridgehead atoms. The van der Waals surface area contributed by atoms with Crippen LogP contribution in [-0.2, 0) is 8.85 Å². The Morgan fingerprint density at radius 3 is 2.38 bits per heavy atom. The monoisotopic (exact) mass is 143 g/mol. The Hall–Kier alpha value is 0.137. The topological polar surface area (TPSA) is 18.5 Å². The first-order chi connectivity index (χ1) is 7.60. The largest absolute Gasteiger partial charge is 0.394 e. The van der Waals surface area contributed by atoms with Gasteiger partial charge in [-0.15, -0.1) is 0 Å². The summed E-state index contributed by atoms with van der Waals surface area (Å²) >= 11 is 0. The minimum Gasteiger partial charge on any atom is -0.394 e. The lowest BCUT2D eigenvalue weighted by Crippen LogP contribution is -2.17. The first kappa shape index (κ1) is 1.41. The van der Waals surface area contributed by atoms with Gasteiger partial charge in [-0.2, -0.15) is 0 Å². The van der Waals surface area contributed by atoms with E-state index in [2.05, 4.69) is 8.85 Å². The summed E-state index contributed by atoms with van der Waals surface area (Å²) < 4.78 is 78.8. The van der Waals surface area contributed by atoms with Crippen molar-refractivity contribution >= 4 is 9.28 Å². The van der Waals surface area contributed by atoms with Crippen LogP contribution in [0.25, 0.3) is 0 Å². The summed E-state index contributed by atoms with van der Waals surface area (Å²) in [4.78, 5) is 0. The van der Waals surface area contributed by atoms with Crippen molar-refractivity contribution in [3.05, 3.63) is 0 Å². The van der Waals surface area contributed by atoms with Crippen molar-refractivity contribution in [2.75, 3.05) is 13.1 Å². The first-order valence-electron chi connectivity index (χ1n) is 6.82. The minimum atomic E-state index is -3.07. The van der Waals surface area contributed by atoms with Gasteiger partial charge in [0.25, 0.3) is 0 Å². The zero-order chi connectivity index (χ0) is 15.0. The molecular formula is C5H13O2Si. The molecule has 0 heterocycles. The fraction of sp³-hybridized carbons (Fsp3) is 1.00. The Kier molecular flexibility index (Phi) is 0.931. The molecule has 0 saturated carbocycles. The van der Waals surface area contributed by atoms with E-state index >= 15 is 0 Å². The van der Waals surface area contributed by atoms with Crippen LogP contribution in [0, 0.1) is 0 Å². The van der Waals surface area contributed by atoms with E-state index in [0.29, 0.717) is 0 Å². The summed E-state index contributed by atoms with van der Waals surface area (Å²) in [5, 5.41) is 0. The van der Waals surface area contributed by atoms with Crippen LogP contribution >= 0.6 is 0 Å². The van der Waals surface area contributed by atoms with Crippen LogP contribution < -0.4 is 0 Å². The first-order valence-corrected chi connectivity index (χ1v) is 3.63. The zero-order valence-electron chi connectivity index (χ0n) is 14.3. The van der Waals surface area contributed by atoms with Crippen LogP contribution in [-0.4, -0.2) is 22.4 Å². The van der Waals surface area contributed by atoms with Gasteiger partial charge in [0.2, 0.25) is 0 Å². The van der Waals surface area contributed by atoms with Crippen LogP contribution in [0.15, 0.2) is 0 Å². The lowest BCUT2D eigenvalue weighted by atomic mass is 10.9. The predicted octanol–water partition coefficient (Wildman–Crippen LogP) is 1.18.